The second-order valence-corrected chi connectivity index (χ2v) is 6.08. The van der Waals surface area contributed by atoms with Crippen LogP contribution < -0.4 is 5.32 Å². The molecular formula is C19H19NO3S. The largest absolute Gasteiger partial charge is 0.465 e. The normalized spacial score (nSPS) is 10.1. The number of benzene rings is 2. The molecule has 24 heavy (non-hydrogen) atoms. The molecule has 0 aliphatic heterocycles. The van der Waals surface area contributed by atoms with Gasteiger partial charge in [0.15, 0.2) is 0 Å². The number of rotatable bonds is 6. The van der Waals surface area contributed by atoms with E-state index in [2.05, 4.69) is 11.9 Å². The minimum atomic E-state index is -0.425. The van der Waals surface area contributed by atoms with Gasteiger partial charge in [-0.1, -0.05) is 24.3 Å². The van der Waals surface area contributed by atoms with Crippen LogP contribution in [0.1, 0.15) is 26.3 Å². The maximum Gasteiger partial charge on any atom is 0.338 e. The molecule has 1 amide bonds. The molecule has 0 aliphatic carbocycles. The van der Waals surface area contributed by atoms with E-state index in [9.17, 15) is 9.59 Å². The van der Waals surface area contributed by atoms with E-state index in [4.69, 9.17) is 4.74 Å². The number of methoxy groups -OCH3 is 1. The van der Waals surface area contributed by atoms with Gasteiger partial charge in [0.05, 0.1) is 18.2 Å². The molecule has 0 atom stereocenters. The van der Waals surface area contributed by atoms with Crippen molar-refractivity contribution in [2.45, 2.75) is 11.8 Å². The highest BCUT2D eigenvalue weighted by molar-refractivity contribution is 7.99. The minimum Gasteiger partial charge on any atom is -0.465 e. The minimum absolute atomic E-state index is 0.215. The second-order valence-electron chi connectivity index (χ2n) is 5.02. The lowest BCUT2D eigenvalue weighted by Crippen LogP contribution is -2.15. The molecule has 0 spiro atoms. The third-order valence-electron chi connectivity index (χ3n) is 3.48. The van der Waals surface area contributed by atoms with Crippen molar-refractivity contribution in [3.05, 3.63) is 71.8 Å². The van der Waals surface area contributed by atoms with Crippen molar-refractivity contribution >= 4 is 29.3 Å². The molecule has 0 heterocycles. The van der Waals surface area contributed by atoms with E-state index in [0.717, 1.165) is 10.6 Å². The predicted octanol–water partition coefficient (Wildman–Crippen LogP) is 4.31. The van der Waals surface area contributed by atoms with Gasteiger partial charge in [-0.15, -0.1) is 18.3 Å². The fourth-order valence-corrected chi connectivity index (χ4v) is 3.01. The Morgan fingerprint density at radius 1 is 1.17 bits per heavy atom. The molecule has 0 radical (unpaired) electrons. The summed E-state index contributed by atoms with van der Waals surface area (Å²) in [5, 5.41) is 2.88. The van der Waals surface area contributed by atoms with Gasteiger partial charge in [-0.25, -0.2) is 4.79 Å². The molecular weight excluding hydrogens is 322 g/mol. The number of hydrogen-bond donors (Lipinski definition) is 1. The van der Waals surface area contributed by atoms with Crippen LogP contribution in [-0.2, 0) is 4.74 Å². The van der Waals surface area contributed by atoms with Crippen molar-refractivity contribution in [3.8, 4) is 0 Å². The van der Waals surface area contributed by atoms with Crippen molar-refractivity contribution in [2.24, 2.45) is 0 Å². The quantitative estimate of drug-likeness (QED) is 0.483. The highest BCUT2D eigenvalue weighted by Crippen LogP contribution is 2.25. The Hall–Kier alpha value is -2.53. The Balaban J connectivity index is 2.28. The van der Waals surface area contributed by atoms with Crippen molar-refractivity contribution < 1.29 is 14.3 Å². The van der Waals surface area contributed by atoms with Crippen molar-refractivity contribution in [2.75, 3.05) is 18.2 Å². The molecule has 2 rings (SSSR count). The summed E-state index contributed by atoms with van der Waals surface area (Å²) in [6.45, 7) is 5.48. The summed E-state index contributed by atoms with van der Waals surface area (Å²) in [7, 11) is 1.33. The zero-order chi connectivity index (χ0) is 17.5. The van der Waals surface area contributed by atoms with E-state index in [-0.39, 0.29) is 5.91 Å². The molecule has 0 aromatic heterocycles. The molecule has 124 valence electrons. The van der Waals surface area contributed by atoms with Crippen LogP contribution in [0, 0.1) is 6.92 Å². The van der Waals surface area contributed by atoms with Gasteiger partial charge in [0, 0.05) is 16.3 Å². The average Bonchev–Trinajstić information content (AvgIpc) is 2.61. The van der Waals surface area contributed by atoms with Gasteiger partial charge >= 0.3 is 5.97 Å². The first kappa shape index (κ1) is 17.8. The monoisotopic (exact) mass is 341 g/mol. The van der Waals surface area contributed by atoms with Crippen molar-refractivity contribution in [3.63, 3.8) is 0 Å². The Morgan fingerprint density at radius 3 is 2.58 bits per heavy atom. The van der Waals surface area contributed by atoms with Crippen LogP contribution in [0.25, 0.3) is 0 Å². The highest BCUT2D eigenvalue weighted by Gasteiger charge is 2.15. The van der Waals surface area contributed by atoms with E-state index in [1.54, 1.807) is 49.0 Å². The number of thioether (sulfide) groups is 1. The standard InChI is InChI=1S/C19H19NO3S/c1-4-12-24-17-11-6-5-8-15(17)18(21)20-16-10-7-9-14(13(16)2)19(22)23-3/h4-11H,1,12H2,2-3H3,(H,20,21). The SMILES string of the molecule is C=CCSc1ccccc1C(=O)Nc1cccc(C(=O)OC)c1C. The molecule has 0 unspecified atom stereocenters. The van der Waals surface area contributed by atoms with E-state index >= 15 is 0 Å². The lowest BCUT2D eigenvalue weighted by molar-refractivity contribution is 0.0599. The van der Waals surface area contributed by atoms with Crippen molar-refractivity contribution in [1.29, 1.82) is 0 Å². The summed E-state index contributed by atoms with van der Waals surface area (Å²) in [5.41, 5.74) is 2.29. The molecule has 0 fully saturated rings. The Labute approximate surface area is 145 Å². The lowest BCUT2D eigenvalue weighted by atomic mass is 10.1. The third-order valence-corrected chi connectivity index (χ3v) is 4.55. The summed E-state index contributed by atoms with van der Waals surface area (Å²) >= 11 is 1.55. The first-order valence-electron chi connectivity index (χ1n) is 7.40. The first-order chi connectivity index (χ1) is 11.6. The van der Waals surface area contributed by atoms with Crippen LogP contribution in [0.4, 0.5) is 5.69 Å². The number of amides is 1. The number of anilines is 1. The number of carbonyl (C=O) groups excluding carboxylic acids is 2. The summed E-state index contributed by atoms with van der Waals surface area (Å²) in [5.74, 6) is 0.0824. The molecule has 4 nitrogen and oxygen atoms in total. The Kier molecular flexibility index (Phi) is 6.21. The molecule has 0 aliphatic rings. The summed E-state index contributed by atoms with van der Waals surface area (Å²) < 4.78 is 4.76. The smallest absolute Gasteiger partial charge is 0.338 e. The van der Waals surface area contributed by atoms with Gasteiger partial charge in [0.25, 0.3) is 5.91 Å². The maximum absolute atomic E-state index is 12.6. The first-order valence-corrected chi connectivity index (χ1v) is 8.39. The molecule has 2 aromatic rings. The predicted molar refractivity (Wildman–Crippen MR) is 97.8 cm³/mol. The van der Waals surface area contributed by atoms with Crippen LogP contribution in [0.15, 0.2) is 60.0 Å². The van der Waals surface area contributed by atoms with Gasteiger partial charge in [-0.2, -0.15) is 0 Å². The van der Waals surface area contributed by atoms with Crippen LogP contribution >= 0.6 is 11.8 Å². The number of nitrogens with one attached hydrogen (secondary N) is 1. The molecule has 0 saturated carbocycles. The van der Waals surface area contributed by atoms with E-state index in [0.29, 0.717) is 22.4 Å². The molecule has 1 N–H and O–H groups in total. The fraction of sp³-hybridized carbons (Fsp3) is 0.158. The van der Waals surface area contributed by atoms with E-state index in [1.165, 1.54) is 7.11 Å². The van der Waals surface area contributed by atoms with E-state index < -0.39 is 5.97 Å². The Morgan fingerprint density at radius 2 is 1.88 bits per heavy atom. The maximum atomic E-state index is 12.6. The van der Waals surface area contributed by atoms with Crippen LogP contribution in [0.3, 0.4) is 0 Å². The summed E-state index contributed by atoms with van der Waals surface area (Å²) in [6, 6.07) is 12.5. The van der Waals surface area contributed by atoms with E-state index in [1.807, 2.05) is 18.2 Å². The average molecular weight is 341 g/mol. The van der Waals surface area contributed by atoms with Crippen LogP contribution in [-0.4, -0.2) is 24.7 Å². The fourth-order valence-electron chi connectivity index (χ4n) is 2.22. The second kappa shape index (κ2) is 8.36. The number of hydrogen-bond acceptors (Lipinski definition) is 4. The molecule has 0 saturated heterocycles. The summed E-state index contributed by atoms with van der Waals surface area (Å²) in [4.78, 5) is 25.3. The van der Waals surface area contributed by atoms with Gasteiger partial charge < -0.3 is 10.1 Å². The zero-order valence-corrected chi connectivity index (χ0v) is 14.5. The molecule has 2 aromatic carbocycles. The number of ether oxygens (including phenoxy) is 1. The third kappa shape index (κ3) is 4.06. The molecule has 0 bridgehead atoms. The van der Waals surface area contributed by atoms with Crippen LogP contribution in [0.2, 0.25) is 0 Å². The van der Waals surface area contributed by atoms with Gasteiger partial charge in [0.2, 0.25) is 0 Å². The Bertz CT molecular complexity index is 771. The number of carbonyl (C=O) groups is 2. The molecule has 5 heteroatoms. The van der Waals surface area contributed by atoms with Gasteiger partial charge in [-0.05, 0) is 36.8 Å². The van der Waals surface area contributed by atoms with Gasteiger partial charge in [-0.3, -0.25) is 4.79 Å². The van der Waals surface area contributed by atoms with Crippen molar-refractivity contribution in [1.82, 2.24) is 0 Å². The zero-order valence-electron chi connectivity index (χ0n) is 13.7. The topological polar surface area (TPSA) is 55.4 Å². The van der Waals surface area contributed by atoms with Crippen LogP contribution in [0.5, 0.6) is 0 Å². The highest BCUT2D eigenvalue weighted by atomic mass is 32.2. The lowest BCUT2D eigenvalue weighted by Gasteiger charge is -2.13. The summed E-state index contributed by atoms with van der Waals surface area (Å²) in [6.07, 6.45) is 1.79. The number of esters is 1. The van der Waals surface area contributed by atoms with Gasteiger partial charge in [0.1, 0.15) is 0 Å².